The number of imidazole rings is 1. The maximum absolute atomic E-state index is 10.7. The second-order valence-corrected chi connectivity index (χ2v) is 4.93. The third kappa shape index (κ3) is 3.60. The molecule has 2 aromatic rings. The maximum atomic E-state index is 10.7. The number of nitrogens with zero attached hydrogens (tertiary/aromatic N) is 4. The van der Waals surface area contributed by atoms with Gasteiger partial charge in [-0.15, -0.1) is 0 Å². The van der Waals surface area contributed by atoms with E-state index in [1.54, 1.807) is 6.33 Å². The van der Waals surface area contributed by atoms with E-state index in [-0.39, 0.29) is 30.4 Å². The van der Waals surface area contributed by atoms with Crippen LogP contribution < -0.4 is 16.5 Å². The minimum absolute atomic E-state index is 0.0287. The average Bonchev–Trinajstić information content (AvgIpc) is 3.20. The molecule has 6 N–H and O–H groups in total. The summed E-state index contributed by atoms with van der Waals surface area (Å²) in [6.07, 6.45) is 6.02. The minimum atomic E-state index is -1.01. The molecule has 24 heavy (non-hydrogen) atoms. The second kappa shape index (κ2) is 7.70. The normalized spacial score (nSPS) is 19.1. The Balaban J connectivity index is 0.00000100. The first kappa shape index (κ1) is 17.6. The molecule has 10 heteroatoms. The molecule has 0 spiro atoms. The van der Waals surface area contributed by atoms with Crippen molar-refractivity contribution in [1.29, 1.82) is 0 Å². The molecule has 0 aliphatic heterocycles. The van der Waals surface area contributed by atoms with Crippen molar-refractivity contribution in [3.8, 4) is 0 Å². The van der Waals surface area contributed by atoms with Crippen LogP contribution in [0.4, 0.5) is 11.8 Å². The Morgan fingerprint density at radius 2 is 2.17 bits per heavy atom. The van der Waals surface area contributed by atoms with Gasteiger partial charge in [-0.1, -0.05) is 26.0 Å². The zero-order chi connectivity index (χ0) is 17.7. The number of anilines is 2. The largest absolute Gasteiger partial charge is 0.480 e. The Kier molecular flexibility index (Phi) is 5.66. The van der Waals surface area contributed by atoms with E-state index in [0.717, 1.165) is 0 Å². The number of hydrogen-bond acceptors (Lipinski definition) is 8. The molecule has 1 aliphatic carbocycles. The molecule has 0 aromatic carbocycles. The molecule has 0 saturated heterocycles. The van der Waals surface area contributed by atoms with Crippen molar-refractivity contribution in [2.45, 2.75) is 32.4 Å². The van der Waals surface area contributed by atoms with E-state index >= 15 is 0 Å². The monoisotopic (exact) mass is 335 g/mol. The van der Waals surface area contributed by atoms with Crippen molar-refractivity contribution < 1.29 is 15.1 Å². The molecule has 1 aliphatic rings. The number of rotatable bonds is 5. The quantitative estimate of drug-likeness (QED) is 0.394. The third-order valence-electron chi connectivity index (χ3n) is 3.43. The number of carboxylic acid groups (broad SMARTS) is 1. The highest BCUT2D eigenvalue weighted by atomic mass is 16.5. The smallest absolute Gasteiger partial charge is 0.322 e. The van der Waals surface area contributed by atoms with Crippen LogP contribution in [0.1, 0.15) is 26.3 Å². The van der Waals surface area contributed by atoms with E-state index in [1.165, 1.54) is 0 Å². The lowest BCUT2D eigenvalue weighted by Crippen LogP contribution is -2.22. The number of nitrogens with two attached hydrogens (primary N) is 1. The number of aliphatic carboxylic acids is 1. The van der Waals surface area contributed by atoms with Crippen LogP contribution in [0.5, 0.6) is 0 Å². The first-order valence-electron chi connectivity index (χ1n) is 7.62. The van der Waals surface area contributed by atoms with Crippen molar-refractivity contribution in [3.05, 3.63) is 18.5 Å². The van der Waals surface area contributed by atoms with Gasteiger partial charge in [-0.2, -0.15) is 15.4 Å². The molecule has 0 saturated carbocycles. The number of carbonyl (C=O) groups is 1. The van der Waals surface area contributed by atoms with Crippen molar-refractivity contribution in [2.75, 3.05) is 17.6 Å². The van der Waals surface area contributed by atoms with Gasteiger partial charge in [0.1, 0.15) is 6.54 Å². The molecule has 2 aromatic heterocycles. The van der Waals surface area contributed by atoms with Crippen LogP contribution >= 0.6 is 0 Å². The highest BCUT2D eigenvalue weighted by Crippen LogP contribution is 2.28. The molecule has 0 fully saturated rings. The molecule has 130 valence electrons. The minimum Gasteiger partial charge on any atom is -0.480 e. The summed E-state index contributed by atoms with van der Waals surface area (Å²) < 4.78 is 1.81. The zero-order valence-corrected chi connectivity index (χ0v) is 13.5. The van der Waals surface area contributed by atoms with Gasteiger partial charge in [0.25, 0.3) is 0 Å². The van der Waals surface area contributed by atoms with Crippen LogP contribution in [0, 0.1) is 0 Å². The van der Waals surface area contributed by atoms with Crippen molar-refractivity contribution >= 4 is 28.9 Å². The zero-order valence-electron chi connectivity index (χ0n) is 13.5. The van der Waals surface area contributed by atoms with Crippen LogP contribution in [0.3, 0.4) is 0 Å². The van der Waals surface area contributed by atoms with E-state index in [4.69, 9.17) is 16.0 Å². The van der Waals surface area contributed by atoms with Gasteiger partial charge in [0.05, 0.1) is 18.4 Å². The number of nitrogen functional groups attached to an aromatic ring is 1. The average molecular weight is 335 g/mol. The third-order valence-corrected chi connectivity index (χ3v) is 3.43. The molecular weight excluding hydrogens is 314 g/mol. The summed E-state index contributed by atoms with van der Waals surface area (Å²) in [5.74, 6) is -0.705. The highest BCUT2D eigenvalue weighted by Gasteiger charge is 2.23. The Hall–Kier alpha value is -2.72. The predicted molar refractivity (Wildman–Crippen MR) is 88.7 cm³/mol. The van der Waals surface area contributed by atoms with Gasteiger partial charge in [0.2, 0.25) is 5.95 Å². The van der Waals surface area contributed by atoms with Crippen LogP contribution in [0.15, 0.2) is 18.5 Å². The van der Waals surface area contributed by atoms with Crippen LogP contribution in [-0.4, -0.2) is 48.4 Å². The molecule has 0 bridgehead atoms. The van der Waals surface area contributed by atoms with E-state index in [1.807, 2.05) is 30.6 Å². The Morgan fingerprint density at radius 3 is 2.79 bits per heavy atom. The summed E-state index contributed by atoms with van der Waals surface area (Å²) in [7, 11) is 0. The number of hydroxylamine groups is 1. The van der Waals surface area contributed by atoms with Crippen molar-refractivity contribution in [1.82, 2.24) is 25.0 Å². The summed E-state index contributed by atoms with van der Waals surface area (Å²) in [6.45, 7) is 3.71. The number of aromatic nitrogens is 4. The molecular formula is C14H21N7O3. The fourth-order valence-electron chi connectivity index (χ4n) is 2.44. The molecule has 3 rings (SSSR count). The summed E-state index contributed by atoms with van der Waals surface area (Å²) in [5, 5.41) is 20.4. The van der Waals surface area contributed by atoms with E-state index in [2.05, 4.69) is 25.7 Å². The van der Waals surface area contributed by atoms with E-state index < -0.39 is 5.97 Å². The summed E-state index contributed by atoms with van der Waals surface area (Å²) in [5.41, 5.74) is 8.85. The Morgan fingerprint density at radius 1 is 1.42 bits per heavy atom. The number of hydrogen-bond donors (Lipinski definition) is 5. The summed E-state index contributed by atoms with van der Waals surface area (Å²) in [6, 6.07) is -0.164. The van der Waals surface area contributed by atoms with Gasteiger partial charge >= 0.3 is 5.97 Å². The predicted octanol–water partition coefficient (Wildman–Crippen LogP) is 0.780. The molecule has 10 nitrogen and oxygen atoms in total. The number of allylic oxidation sites excluding steroid dienone is 1. The van der Waals surface area contributed by atoms with Gasteiger partial charge in [0, 0.05) is 0 Å². The van der Waals surface area contributed by atoms with Crippen LogP contribution in [0.2, 0.25) is 0 Å². The summed E-state index contributed by atoms with van der Waals surface area (Å²) >= 11 is 0. The van der Waals surface area contributed by atoms with E-state index in [9.17, 15) is 4.79 Å². The van der Waals surface area contributed by atoms with E-state index in [0.29, 0.717) is 17.6 Å². The number of carboxylic acids is 1. The Labute approximate surface area is 138 Å². The lowest BCUT2D eigenvalue weighted by atomic mass is 10.2. The second-order valence-electron chi connectivity index (χ2n) is 4.93. The molecule has 2 unspecified atom stereocenters. The van der Waals surface area contributed by atoms with Crippen molar-refractivity contribution in [3.63, 3.8) is 0 Å². The van der Waals surface area contributed by atoms with Crippen LogP contribution in [0.25, 0.3) is 11.2 Å². The summed E-state index contributed by atoms with van der Waals surface area (Å²) in [4.78, 5) is 23.1. The van der Waals surface area contributed by atoms with Crippen molar-refractivity contribution in [2.24, 2.45) is 0 Å². The fraction of sp³-hybridized carbons (Fsp3) is 0.429. The lowest BCUT2D eigenvalue weighted by Gasteiger charge is -2.13. The molecule has 2 atom stereocenters. The van der Waals surface area contributed by atoms with Gasteiger partial charge in [-0.05, 0) is 6.42 Å². The number of nitrogens with one attached hydrogen (secondary N) is 2. The van der Waals surface area contributed by atoms with Gasteiger partial charge < -0.3 is 25.9 Å². The van der Waals surface area contributed by atoms with Crippen LogP contribution in [-0.2, 0) is 4.79 Å². The highest BCUT2D eigenvalue weighted by molar-refractivity contribution is 5.86. The van der Waals surface area contributed by atoms with Gasteiger partial charge in [-0.25, -0.2) is 4.98 Å². The lowest BCUT2D eigenvalue weighted by molar-refractivity contribution is -0.134. The molecule has 2 heterocycles. The topological polar surface area (TPSA) is 151 Å². The van der Waals surface area contributed by atoms with Gasteiger partial charge in [-0.3, -0.25) is 4.79 Å². The Bertz CT molecular complexity index is 743. The SMILES string of the molecule is CC.Nc1nc(NCC(=O)O)c2ncn(C3C=CC(NO)C3)c2n1. The maximum Gasteiger partial charge on any atom is 0.322 e. The molecule has 0 amide bonds. The van der Waals surface area contributed by atoms with Gasteiger partial charge in [0.15, 0.2) is 17.0 Å². The first-order chi connectivity index (χ1) is 11.6. The molecule has 0 radical (unpaired) electrons. The standard InChI is InChI=1S/C12H15N7O3.C2H6/c13-12-16-10(14-4-8(20)21)9-11(17-12)19(5-15-9)7-2-1-6(3-7)18-22;1-2/h1-2,5-7,18,22H,3-4H2,(H,20,21)(H3,13,14,16,17);1-2H3. The first-order valence-corrected chi connectivity index (χ1v) is 7.62. The fourth-order valence-corrected chi connectivity index (χ4v) is 2.44. The number of fused-ring (bicyclic) bond motifs is 1.